The molecule has 0 bridgehead atoms. The molecule has 0 aliphatic rings. The fourth-order valence-electron chi connectivity index (χ4n) is 3.62. The summed E-state index contributed by atoms with van der Waals surface area (Å²) in [5.74, 6) is -0.495. The molecule has 0 aliphatic carbocycles. The van der Waals surface area contributed by atoms with Gasteiger partial charge in [-0.15, -0.1) is 0 Å². The second kappa shape index (κ2) is 11.0. The number of carbonyl (C=O) groups excluding carboxylic acids is 3. The standard InChI is InChI=1S/C15H14O3.C13H11BrO/c1-10(18-11(2)16)15(17)14-9-5-7-12-6-3-4-8-13(12)14;1-9(14)13(15)12-8-4-6-10-5-2-3-7-11(10)12/h3-10H,1-2H3;2-9H,1H3. The summed E-state index contributed by atoms with van der Waals surface area (Å²) in [6, 6.07) is 26.9. The Bertz CT molecular complexity index is 1300. The van der Waals surface area contributed by atoms with Crippen LogP contribution in [0.2, 0.25) is 0 Å². The Labute approximate surface area is 201 Å². The molecule has 4 aromatic rings. The van der Waals surface area contributed by atoms with Crippen molar-refractivity contribution >= 4 is 55.0 Å². The maximum atomic E-state index is 12.2. The highest BCUT2D eigenvalue weighted by Crippen LogP contribution is 2.22. The van der Waals surface area contributed by atoms with E-state index in [1.807, 2.05) is 85.8 Å². The lowest BCUT2D eigenvalue weighted by Crippen LogP contribution is -2.23. The van der Waals surface area contributed by atoms with Crippen LogP contribution in [0, 0.1) is 0 Å². The maximum Gasteiger partial charge on any atom is 0.303 e. The summed E-state index contributed by atoms with van der Waals surface area (Å²) in [6.07, 6.45) is -0.756. The molecule has 5 heteroatoms. The van der Waals surface area contributed by atoms with E-state index in [1.54, 1.807) is 13.0 Å². The van der Waals surface area contributed by atoms with E-state index < -0.39 is 12.1 Å². The quantitative estimate of drug-likeness (QED) is 0.170. The smallest absolute Gasteiger partial charge is 0.303 e. The molecule has 0 aliphatic heterocycles. The summed E-state index contributed by atoms with van der Waals surface area (Å²) in [7, 11) is 0. The van der Waals surface area contributed by atoms with Crippen molar-refractivity contribution in [1.29, 1.82) is 0 Å². The van der Waals surface area contributed by atoms with Crippen LogP contribution in [0.1, 0.15) is 41.5 Å². The van der Waals surface area contributed by atoms with Crippen molar-refractivity contribution in [1.82, 2.24) is 0 Å². The Morgan fingerprint density at radius 3 is 1.55 bits per heavy atom. The van der Waals surface area contributed by atoms with Crippen molar-refractivity contribution in [3.05, 3.63) is 96.1 Å². The molecule has 0 saturated carbocycles. The number of benzene rings is 4. The van der Waals surface area contributed by atoms with E-state index >= 15 is 0 Å². The van der Waals surface area contributed by atoms with Crippen LogP contribution < -0.4 is 0 Å². The Kier molecular flexibility index (Phi) is 8.12. The number of hydrogen-bond donors (Lipinski definition) is 0. The first-order valence-electron chi connectivity index (χ1n) is 10.6. The molecule has 4 aromatic carbocycles. The lowest BCUT2D eigenvalue weighted by molar-refractivity contribution is -0.143. The molecule has 2 unspecified atom stereocenters. The van der Waals surface area contributed by atoms with Crippen molar-refractivity contribution in [2.75, 3.05) is 0 Å². The van der Waals surface area contributed by atoms with Gasteiger partial charge in [-0.05, 0) is 35.4 Å². The molecule has 0 amide bonds. The van der Waals surface area contributed by atoms with Crippen LogP contribution in [0.3, 0.4) is 0 Å². The van der Waals surface area contributed by atoms with Gasteiger partial charge in [0, 0.05) is 18.1 Å². The number of esters is 1. The molecule has 0 spiro atoms. The summed E-state index contributed by atoms with van der Waals surface area (Å²) in [5, 5.41) is 4.01. The SMILES string of the molecule is CC(=O)OC(C)C(=O)c1cccc2ccccc12.CC(Br)C(=O)c1cccc2ccccc12. The minimum Gasteiger partial charge on any atom is -0.454 e. The predicted molar refractivity (Wildman–Crippen MR) is 136 cm³/mol. The first kappa shape index (κ1) is 24.3. The van der Waals surface area contributed by atoms with Crippen LogP contribution in [-0.2, 0) is 9.53 Å². The van der Waals surface area contributed by atoms with Crippen molar-refractivity contribution in [2.24, 2.45) is 0 Å². The van der Waals surface area contributed by atoms with E-state index in [0.29, 0.717) is 5.56 Å². The second-order valence-corrected chi connectivity index (χ2v) is 9.02. The molecule has 0 saturated heterocycles. The maximum absolute atomic E-state index is 12.2. The van der Waals surface area contributed by atoms with Gasteiger partial charge in [0.1, 0.15) is 0 Å². The first-order chi connectivity index (χ1) is 15.8. The minimum absolute atomic E-state index is 0.131. The average Bonchev–Trinajstić information content (AvgIpc) is 2.82. The molecule has 0 radical (unpaired) electrons. The van der Waals surface area contributed by atoms with Crippen molar-refractivity contribution in [3.63, 3.8) is 0 Å². The monoisotopic (exact) mass is 504 g/mol. The normalized spacial score (nSPS) is 12.4. The van der Waals surface area contributed by atoms with Crippen molar-refractivity contribution < 1.29 is 19.1 Å². The molecule has 0 N–H and O–H groups in total. The third-order valence-corrected chi connectivity index (χ3v) is 5.60. The summed E-state index contributed by atoms with van der Waals surface area (Å²) in [4.78, 5) is 34.9. The van der Waals surface area contributed by atoms with Crippen LogP contribution in [0.15, 0.2) is 84.9 Å². The third-order valence-electron chi connectivity index (χ3n) is 5.18. The van der Waals surface area contributed by atoms with Crippen LogP contribution >= 0.6 is 15.9 Å². The van der Waals surface area contributed by atoms with Crippen LogP contribution in [0.25, 0.3) is 21.5 Å². The van der Waals surface area contributed by atoms with Crippen molar-refractivity contribution in [2.45, 2.75) is 31.7 Å². The van der Waals surface area contributed by atoms with Gasteiger partial charge in [0.05, 0.1) is 4.83 Å². The number of halogens is 1. The highest BCUT2D eigenvalue weighted by atomic mass is 79.9. The predicted octanol–water partition coefficient (Wildman–Crippen LogP) is 6.78. The van der Waals surface area contributed by atoms with Gasteiger partial charge in [-0.2, -0.15) is 0 Å². The third kappa shape index (κ3) is 5.93. The summed E-state index contributed by atoms with van der Waals surface area (Å²) in [6.45, 7) is 4.74. The highest BCUT2D eigenvalue weighted by molar-refractivity contribution is 9.10. The molecule has 0 aromatic heterocycles. The van der Waals surface area contributed by atoms with Crippen LogP contribution in [-0.4, -0.2) is 28.5 Å². The van der Waals surface area contributed by atoms with E-state index in [1.165, 1.54) is 6.92 Å². The fraction of sp³-hybridized carbons (Fsp3) is 0.179. The van der Waals surface area contributed by atoms with Gasteiger partial charge < -0.3 is 4.74 Å². The van der Waals surface area contributed by atoms with E-state index in [2.05, 4.69) is 15.9 Å². The highest BCUT2D eigenvalue weighted by Gasteiger charge is 2.19. The number of ketones is 2. The number of fused-ring (bicyclic) bond motifs is 2. The zero-order valence-corrected chi connectivity index (χ0v) is 20.3. The lowest BCUT2D eigenvalue weighted by Gasteiger charge is -2.12. The molecule has 2 atom stereocenters. The van der Waals surface area contributed by atoms with Gasteiger partial charge >= 0.3 is 5.97 Å². The average molecular weight is 505 g/mol. The molecule has 168 valence electrons. The van der Waals surface area contributed by atoms with Crippen LogP contribution in [0.5, 0.6) is 0 Å². The Morgan fingerprint density at radius 1 is 0.667 bits per heavy atom. The molecule has 33 heavy (non-hydrogen) atoms. The number of alkyl halides is 1. The Morgan fingerprint density at radius 2 is 1.09 bits per heavy atom. The zero-order chi connectivity index (χ0) is 24.0. The summed E-state index contributed by atoms with van der Waals surface area (Å²) in [5.41, 5.74) is 1.37. The number of ether oxygens (including phenoxy) is 1. The molecular weight excluding hydrogens is 480 g/mol. The Hall–Kier alpha value is -3.31. The van der Waals surface area contributed by atoms with Gasteiger partial charge in [0.25, 0.3) is 0 Å². The summed E-state index contributed by atoms with van der Waals surface area (Å²) < 4.78 is 4.93. The number of rotatable bonds is 5. The number of hydrogen-bond acceptors (Lipinski definition) is 4. The van der Waals surface area contributed by atoms with E-state index in [-0.39, 0.29) is 16.4 Å². The number of carbonyl (C=O) groups is 3. The van der Waals surface area contributed by atoms with E-state index in [4.69, 9.17) is 4.74 Å². The van der Waals surface area contributed by atoms with Gasteiger partial charge in [-0.3, -0.25) is 14.4 Å². The molecule has 0 heterocycles. The van der Waals surface area contributed by atoms with E-state index in [0.717, 1.165) is 27.1 Å². The molecule has 0 fully saturated rings. The fourth-order valence-corrected chi connectivity index (χ4v) is 3.86. The second-order valence-electron chi connectivity index (χ2n) is 7.65. The van der Waals surface area contributed by atoms with Gasteiger partial charge in [-0.25, -0.2) is 0 Å². The summed E-state index contributed by atoms with van der Waals surface area (Å²) >= 11 is 3.31. The van der Waals surface area contributed by atoms with Gasteiger partial charge in [0.15, 0.2) is 11.9 Å². The van der Waals surface area contributed by atoms with Gasteiger partial charge in [0.2, 0.25) is 5.78 Å². The van der Waals surface area contributed by atoms with E-state index in [9.17, 15) is 14.4 Å². The van der Waals surface area contributed by atoms with Crippen LogP contribution in [0.4, 0.5) is 0 Å². The van der Waals surface area contributed by atoms with Gasteiger partial charge in [-0.1, -0.05) is 101 Å². The van der Waals surface area contributed by atoms with Crippen molar-refractivity contribution in [3.8, 4) is 0 Å². The minimum atomic E-state index is -0.756. The first-order valence-corrected chi connectivity index (χ1v) is 11.6. The lowest BCUT2D eigenvalue weighted by atomic mass is 9.99. The molecule has 4 nitrogen and oxygen atoms in total. The number of Topliss-reactive ketones (excluding diaryl/α,β-unsaturated/α-hetero) is 2. The zero-order valence-electron chi connectivity index (χ0n) is 18.7. The Balaban J connectivity index is 0.000000189. The molecule has 4 rings (SSSR count). The largest absolute Gasteiger partial charge is 0.454 e. The topological polar surface area (TPSA) is 60.4 Å². The molecular formula is C28H25BrO4.